The molecule has 0 radical (unpaired) electrons. The Balaban J connectivity index is 2.12. The van der Waals surface area contributed by atoms with Gasteiger partial charge in [0.05, 0.1) is 25.3 Å². The Morgan fingerprint density at radius 2 is 1.95 bits per heavy atom. The van der Waals surface area contributed by atoms with Crippen LogP contribution >= 0.6 is 12.2 Å². The Labute approximate surface area is 130 Å². The minimum atomic E-state index is 0.455. The van der Waals surface area contributed by atoms with Crippen LogP contribution in [0.4, 0.5) is 0 Å². The van der Waals surface area contributed by atoms with Crippen LogP contribution in [0.2, 0.25) is 0 Å². The van der Waals surface area contributed by atoms with Gasteiger partial charge in [0.25, 0.3) is 0 Å². The number of ether oxygens (including phenoxy) is 2. The fourth-order valence-electron chi connectivity index (χ4n) is 3.01. The van der Waals surface area contributed by atoms with Gasteiger partial charge in [0, 0.05) is 18.2 Å². The van der Waals surface area contributed by atoms with E-state index < -0.39 is 0 Å². The molecule has 1 saturated carbocycles. The molecule has 1 unspecified atom stereocenters. The Bertz CT molecular complexity index is 700. The lowest BCUT2D eigenvalue weighted by Crippen LogP contribution is -2.09. The summed E-state index contributed by atoms with van der Waals surface area (Å²) in [6.07, 6.45) is 5.03. The highest BCUT2D eigenvalue weighted by molar-refractivity contribution is 7.71. The third-order valence-electron chi connectivity index (χ3n) is 4.36. The Hall–Kier alpha value is -1.49. The van der Waals surface area contributed by atoms with E-state index in [2.05, 4.69) is 16.5 Å². The van der Waals surface area contributed by atoms with Crippen molar-refractivity contribution in [1.29, 1.82) is 0 Å². The standard InChI is InChI=1S/C16H22N2O2S/c1-4-11(7-10-5-6-10)18-13-9-15(20-3)14(19-2)8-12(13)17-16(18)21/h8-11H,4-7H2,1-3H3,(H,17,21). The van der Waals surface area contributed by atoms with Crippen molar-refractivity contribution in [3.63, 3.8) is 0 Å². The van der Waals surface area contributed by atoms with E-state index in [0.29, 0.717) is 6.04 Å². The zero-order valence-corrected chi connectivity index (χ0v) is 13.6. The number of H-pyrrole nitrogens is 1. The van der Waals surface area contributed by atoms with E-state index in [1.165, 1.54) is 19.3 Å². The summed E-state index contributed by atoms with van der Waals surface area (Å²) in [5.74, 6) is 2.35. The summed E-state index contributed by atoms with van der Waals surface area (Å²) in [6, 6.07) is 4.44. The molecule has 0 aliphatic heterocycles. The number of aromatic amines is 1. The lowest BCUT2D eigenvalue weighted by molar-refractivity contribution is 0.355. The maximum atomic E-state index is 5.55. The molecule has 1 aliphatic rings. The lowest BCUT2D eigenvalue weighted by atomic mass is 10.1. The Kier molecular flexibility index (Phi) is 3.93. The molecule has 5 heteroatoms. The van der Waals surface area contributed by atoms with Crippen LogP contribution in [0, 0.1) is 10.7 Å². The van der Waals surface area contributed by atoms with E-state index in [9.17, 15) is 0 Å². The van der Waals surface area contributed by atoms with Crippen molar-refractivity contribution in [2.24, 2.45) is 5.92 Å². The molecule has 0 bridgehead atoms. The molecule has 1 aromatic carbocycles. The number of benzene rings is 1. The molecule has 0 spiro atoms. The largest absolute Gasteiger partial charge is 0.493 e. The third-order valence-corrected chi connectivity index (χ3v) is 4.66. The van der Waals surface area contributed by atoms with Crippen LogP contribution in [0.25, 0.3) is 11.0 Å². The van der Waals surface area contributed by atoms with Gasteiger partial charge in [-0.1, -0.05) is 19.8 Å². The molecule has 1 heterocycles. The highest BCUT2D eigenvalue weighted by atomic mass is 32.1. The van der Waals surface area contributed by atoms with Crippen LogP contribution < -0.4 is 9.47 Å². The van der Waals surface area contributed by atoms with Gasteiger partial charge in [-0.2, -0.15) is 0 Å². The fraction of sp³-hybridized carbons (Fsp3) is 0.562. The quantitative estimate of drug-likeness (QED) is 0.800. The van der Waals surface area contributed by atoms with Gasteiger partial charge in [-0.25, -0.2) is 0 Å². The molecule has 3 rings (SSSR count). The molecule has 2 aromatic rings. The average Bonchev–Trinajstić information content (AvgIpc) is 3.25. The summed E-state index contributed by atoms with van der Waals surface area (Å²) in [5, 5.41) is 0. The van der Waals surface area contributed by atoms with Gasteiger partial charge in [0.2, 0.25) is 0 Å². The first kappa shape index (κ1) is 14.4. The number of aromatic nitrogens is 2. The maximum absolute atomic E-state index is 5.55. The van der Waals surface area contributed by atoms with Crippen LogP contribution in [-0.4, -0.2) is 23.8 Å². The topological polar surface area (TPSA) is 39.2 Å². The average molecular weight is 306 g/mol. The van der Waals surface area contributed by atoms with Crippen LogP contribution in [0.15, 0.2) is 12.1 Å². The van der Waals surface area contributed by atoms with E-state index in [1.807, 2.05) is 12.1 Å². The Morgan fingerprint density at radius 1 is 1.29 bits per heavy atom. The summed E-state index contributed by atoms with van der Waals surface area (Å²) in [4.78, 5) is 3.30. The van der Waals surface area contributed by atoms with Gasteiger partial charge in [-0.3, -0.25) is 0 Å². The zero-order chi connectivity index (χ0) is 15.0. The first-order valence-corrected chi connectivity index (χ1v) is 7.95. The molecule has 0 amide bonds. The number of nitrogens with zero attached hydrogens (tertiary/aromatic N) is 1. The van der Waals surface area contributed by atoms with Gasteiger partial charge in [-0.15, -0.1) is 0 Å². The first-order valence-electron chi connectivity index (χ1n) is 7.54. The van der Waals surface area contributed by atoms with Gasteiger partial charge < -0.3 is 19.0 Å². The van der Waals surface area contributed by atoms with E-state index in [-0.39, 0.29) is 0 Å². The predicted octanol–water partition coefficient (Wildman–Crippen LogP) is 4.47. The number of imidazole rings is 1. The number of nitrogens with one attached hydrogen (secondary N) is 1. The lowest BCUT2D eigenvalue weighted by Gasteiger charge is -2.18. The minimum Gasteiger partial charge on any atom is -0.493 e. The number of rotatable bonds is 6. The number of fused-ring (bicyclic) bond motifs is 1. The summed E-state index contributed by atoms with van der Waals surface area (Å²) in [7, 11) is 3.31. The third kappa shape index (κ3) is 2.67. The van der Waals surface area contributed by atoms with E-state index in [1.54, 1.807) is 14.2 Å². The van der Waals surface area contributed by atoms with Crippen molar-refractivity contribution >= 4 is 23.3 Å². The second-order valence-electron chi connectivity index (χ2n) is 5.77. The monoisotopic (exact) mass is 306 g/mol. The summed E-state index contributed by atoms with van der Waals surface area (Å²) >= 11 is 5.55. The molecule has 1 aromatic heterocycles. The number of hydrogen-bond acceptors (Lipinski definition) is 3. The summed E-state index contributed by atoms with van der Waals surface area (Å²) in [6.45, 7) is 2.23. The molecule has 0 saturated heterocycles. The van der Waals surface area contributed by atoms with Crippen molar-refractivity contribution < 1.29 is 9.47 Å². The van der Waals surface area contributed by atoms with E-state index in [0.717, 1.165) is 39.6 Å². The number of hydrogen-bond donors (Lipinski definition) is 1. The van der Waals surface area contributed by atoms with Crippen molar-refractivity contribution in [2.45, 2.75) is 38.6 Å². The van der Waals surface area contributed by atoms with Gasteiger partial charge in [0.15, 0.2) is 16.3 Å². The van der Waals surface area contributed by atoms with E-state index in [4.69, 9.17) is 21.7 Å². The van der Waals surface area contributed by atoms with Crippen LogP contribution in [-0.2, 0) is 0 Å². The smallest absolute Gasteiger partial charge is 0.178 e. The highest BCUT2D eigenvalue weighted by Gasteiger charge is 2.27. The molecule has 1 N–H and O–H groups in total. The molecule has 21 heavy (non-hydrogen) atoms. The molecule has 4 nitrogen and oxygen atoms in total. The second-order valence-corrected chi connectivity index (χ2v) is 6.15. The SMILES string of the molecule is CCC(CC1CC1)n1c(=S)[nH]c2cc(OC)c(OC)cc21. The molecular formula is C16H22N2O2S. The summed E-state index contributed by atoms with van der Waals surface area (Å²) < 4.78 is 13.8. The highest BCUT2D eigenvalue weighted by Crippen LogP contribution is 2.40. The molecule has 1 aliphatic carbocycles. The van der Waals surface area contributed by atoms with Crippen LogP contribution in [0.1, 0.15) is 38.6 Å². The van der Waals surface area contributed by atoms with Crippen molar-refractivity contribution in [2.75, 3.05) is 14.2 Å². The number of methoxy groups -OCH3 is 2. The molecular weight excluding hydrogens is 284 g/mol. The van der Waals surface area contributed by atoms with Gasteiger partial charge in [-0.05, 0) is 31.0 Å². The van der Waals surface area contributed by atoms with Crippen LogP contribution in [0.3, 0.4) is 0 Å². The van der Waals surface area contributed by atoms with Crippen molar-refractivity contribution in [3.8, 4) is 11.5 Å². The second kappa shape index (κ2) is 5.72. The van der Waals surface area contributed by atoms with Gasteiger partial charge >= 0.3 is 0 Å². The van der Waals surface area contributed by atoms with Crippen LogP contribution in [0.5, 0.6) is 11.5 Å². The van der Waals surface area contributed by atoms with Crippen molar-refractivity contribution in [3.05, 3.63) is 16.9 Å². The molecule has 1 atom stereocenters. The maximum Gasteiger partial charge on any atom is 0.178 e. The first-order chi connectivity index (χ1) is 10.2. The van der Waals surface area contributed by atoms with E-state index >= 15 is 0 Å². The summed E-state index contributed by atoms with van der Waals surface area (Å²) in [5.41, 5.74) is 2.11. The zero-order valence-electron chi connectivity index (χ0n) is 12.8. The molecule has 114 valence electrons. The molecule has 1 fully saturated rings. The van der Waals surface area contributed by atoms with Crippen molar-refractivity contribution in [1.82, 2.24) is 9.55 Å². The minimum absolute atomic E-state index is 0.455. The normalized spacial score (nSPS) is 16.1. The predicted molar refractivity (Wildman–Crippen MR) is 86.9 cm³/mol. The van der Waals surface area contributed by atoms with Gasteiger partial charge in [0.1, 0.15) is 0 Å². The Morgan fingerprint density at radius 3 is 2.52 bits per heavy atom. The fourth-order valence-corrected chi connectivity index (χ4v) is 3.37.